The number of anilines is 1. The molecule has 2 unspecified atom stereocenters. The molecule has 0 bridgehead atoms. The Morgan fingerprint density at radius 1 is 1.04 bits per heavy atom. The number of pyridine rings is 1. The minimum Gasteiger partial charge on any atom is -0.484 e. The van der Waals surface area contributed by atoms with Crippen LogP contribution in [0.3, 0.4) is 0 Å². The molecule has 0 radical (unpaired) electrons. The van der Waals surface area contributed by atoms with E-state index in [4.69, 9.17) is 30.7 Å². The van der Waals surface area contributed by atoms with Crippen LogP contribution in [0.1, 0.15) is 69.7 Å². The number of morpholine rings is 1. The van der Waals surface area contributed by atoms with E-state index in [1.807, 2.05) is 63.2 Å². The molecule has 0 saturated carbocycles. The van der Waals surface area contributed by atoms with Crippen LogP contribution in [0.15, 0.2) is 71.9 Å². The Bertz CT molecular complexity index is 1660. The Morgan fingerprint density at radius 3 is 2.54 bits per heavy atom. The molecular weight excluding hydrogens is 580 g/mol. The second kappa shape index (κ2) is 15.0. The number of aliphatic imine (C=N–C) groups is 1. The second-order valence-electron chi connectivity index (χ2n) is 11.9. The third-order valence-electron chi connectivity index (χ3n) is 8.28. The number of amides is 2. The third-order valence-corrected chi connectivity index (χ3v) is 8.28. The highest BCUT2D eigenvalue weighted by Crippen LogP contribution is 2.38. The Labute approximate surface area is 270 Å². The number of nitrogens with one attached hydrogen (secondary N) is 5. The number of rotatable bonds is 9. The van der Waals surface area contributed by atoms with Crippen molar-refractivity contribution < 1.29 is 14.3 Å². The Hall–Kier alpha value is -4.77. The molecule has 11 nitrogen and oxygen atoms in total. The minimum absolute atomic E-state index is 0.0314. The summed E-state index contributed by atoms with van der Waals surface area (Å²) in [6.45, 7) is 8.78. The highest BCUT2D eigenvalue weighted by atomic mass is 16.5. The fourth-order valence-corrected chi connectivity index (χ4v) is 5.72. The molecule has 5 N–H and O–H groups in total. The quantitative estimate of drug-likeness (QED) is 0.145. The largest absolute Gasteiger partial charge is 0.484 e. The molecule has 2 aromatic carbocycles. The van der Waals surface area contributed by atoms with Crippen molar-refractivity contribution in [1.29, 1.82) is 16.2 Å². The maximum atomic E-state index is 13.4. The first-order chi connectivity index (χ1) is 22.2. The van der Waals surface area contributed by atoms with Gasteiger partial charge in [0.15, 0.2) is 0 Å². The Balaban J connectivity index is 1.30. The van der Waals surface area contributed by atoms with Gasteiger partial charge >= 0.3 is 6.03 Å². The number of nitrogens with zero attached hydrogens (tertiary/aromatic N) is 3. The first-order valence-corrected chi connectivity index (χ1v) is 16.0. The summed E-state index contributed by atoms with van der Waals surface area (Å²) in [7, 11) is 0. The predicted octanol–water partition coefficient (Wildman–Crippen LogP) is 6.09. The summed E-state index contributed by atoms with van der Waals surface area (Å²) < 4.78 is 13.4. The van der Waals surface area contributed by atoms with E-state index in [-0.39, 0.29) is 36.0 Å². The van der Waals surface area contributed by atoms with Crippen molar-refractivity contribution in [3.63, 3.8) is 0 Å². The zero-order chi connectivity index (χ0) is 32.6. The highest BCUT2D eigenvalue weighted by Gasteiger charge is 2.30. The fraction of sp³-hybridized carbons (Fsp3) is 0.400. The predicted molar refractivity (Wildman–Crippen MR) is 181 cm³/mol. The number of hydrogen-bond acceptors (Lipinski definition) is 8. The van der Waals surface area contributed by atoms with Gasteiger partial charge in [-0.15, -0.1) is 0 Å². The summed E-state index contributed by atoms with van der Waals surface area (Å²) in [5.41, 5.74) is 4.45. The molecule has 5 rings (SSSR count). The molecule has 2 aliphatic rings. The first kappa shape index (κ1) is 32.6. The number of carbonyl (C=O) groups excluding carboxylic acids is 1. The van der Waals surface area contributed by atoms with Gasteiger partial charge in [-0.3, -0.25) is 20.7 Å². The zero-order valence-electron chi connectivity index (χ0n) is 26.8. The first-order valence-electron chi connectivity index (χ1n) is 16.0. The van der Waals surface area contributed by atoms with Crippen LogP contribution in [0.4, 0.5) is 16.2 Å². The van der Waals surface area contributed by atoms with Crippen molar-refractivity contribution >= 4 is 34.8 Å². The topological polar surface area (TPSA) is 152 Å². The monoisotopic (exact) mass is 624 g/mol. The third kappa shape index (κ3) is 8.08. The van der Waals surface area contributed by atoms with E-state index in [1.54, 1.807) is 22.9 Å². The Kier molecular flexibility index (Phi) is 10.6. The number of fused-ring (bicyclic) bond motifs is 1. The van der Waals surface area contributed by atoms with E-state index in [9.17, 15) is 4.79 Å². The Morgan fingerprint density at radius 2 is 1.80 bits per heavy atom. The smallest absolute Gasteiger partial charge is 0.320 e. The summed E-state index contributed by atoms with van der Waals surface area (Å²) in [6.07, 6.45) is 3.60. The zero-order valence-corrected chi connectivity index (χ0v) is 26.8. The van der Waals surface area contributed by atoms with Crippen LogP contribution in [0.2, 0.25) is 0 Å². The van der Waals surface area contributed by atoms with E-state index in [0.29, 0.717) is 55.6 Å². The lowest BCUT2D eigenvalue weighted by Gasteiger charge is -2.32. The lowest BCUT2D eigenvalue weighted by Crippen LogP contribution is -2.43. The lowest BCUT2D eigenvalue weighted by atomic mass is 9.85. The average molecular weight is 625 g/mol. The summed E-state index contributed by atoms with van der Waals surface area (Å²) in [4.78, 5) is 20.4. The number of ether oxygens (including phenoxy) is 2. The maximum absolute atomic E-state index is 13.4. The molecule has 1 aromatic heterocycles. The van der Waals surface area contributed by atoms with Crippen molar-refractivity contribution in [1.82, 2.24) is 15.2 Å². The molecular formula is C35H44N8O3. The molecule has 2 amide bonds. The van der Waals surface area contributed by atoms with Crippen LogP contribution in [-0.4, -0.2) is 54.3 Å². The van der Waals surface area contributed by atoms with Crippen molar-refractivity contribution in [2.75, 3.05) is 31.2 Å². The fourth-order valence-electron chi connectivity index (χ4n) is 5.72. The van der Waals surface area contributed by atoms with Crippen molar-refractivity contribution in [3.8, 4) is 5.75 Å². The normalized spacial score (nSPS) is 18.1. The van der Waals surface area contributed by atoms with Gasteiger partial charge in [0.2, 0.25) is 0 Å². The van der Waals surface area contributed by atoms with Crippen LogP contribution < -0.4 is 25.8 Å². The molecule has 1 saturated heterocycles. The van der Waals surface area contributed by atoms with Crippen LogP contribution >= 0.6 is 0 Å². The van der Waals surface area contributed by atoms with Crippen LogP contribution in [0, 0.1) is 22.1 Å². The molecule has 46 heavy (non-hydrogen) atoms. The number of aromatic nitrogens is 1. The SMILES string of the molecule is CCC(=N)CC(=Nc1cccc(N2CCOCC2)c1)NC(=O)NC1CCC(Oc2ccc(=N)n(C(=N)C(C)C)c2)c2ccccc21. The van der Waals surface area contributed by atoms with Gasteiger partial charge in [0.25, 0.3) is 0 Å². The van der Waals surface area contributed by atoms with Gasteiger partial charge in [0.1, 0.15) is 29.0 Å². The van der Waals surface area contributed by atoms with Crippen LogP contribution in [0.25, 0.3) is 0 Å². The van der Waals surface area contributed by atoms with E-state index in [0.717, 1.165) is 35.6 Å². The molecule has 0 spiro atoms. The van der Waals surface area contributed by atoms with Crippen LogP contribution in [-0.2, 0) is 4.74 Å². The number of urea groups is 1. The van der Waals surface area contributed by atoms with E-state index >= 15 is 0 Å². The van der Waals surface area contributed by atoms with Gasteiger partial charge in [0, 0.05) is 36.8 Å². The van der Waals surface area contributed by atoms with Gasteiger partial charge in [-0.25, -0.2) is 9.79 Å². The number of benzene rings is 2. The second-order valence-corrected chi connectivity index (χ2v) is 11.9. The molecule has 11 heteroatoms. The molecule has 1 aliphatic heterocycles. The number of carbonyl (C=O) groups is 1. The molecule has 1 aliphatic carbocycles. The van der Waals surface area contributed by atoms with E-state index in [2.05, 4.69) is 21.6 Å². The van der Waals surface area contributed by atoms with Gasteiger partial charge < -0.3 is 25.1 Å². The standard InChI is InChI=1S/C35H44N8O3/c1-4-24(36)20-33(39-25-8-7-9-26(21-25)42-16-18-45-19-17-42)41-35(44)40-30-13-14-31(29-11-6-5-10-28(29)30)46-27-12-15-32(37)43(22-27)34(38)23(2)3/h5-12,15,21-23,30-31,36-38H,4,13-14,16-20H2,1-3H3,(H2,39,40,41,44). The summed E-state index contributed by atoms with van der Waals surface area (Å²) in [6, 6.07) is 18.7. The summed E-state index contributed by atoms with van der Waals surface area (Å²) >= 11 is 0. The summed E-state index contributed by atoms with van der Waals surface area (Å²) in [5, 5.41) is 31.0. The number of hydrogen-bond donors (Lipinski definition) is 5. The minimum atomic E-state index is -0.370. The summed E-state index contributed by atoms with van der Waals surface area (Å²) in [5.74, 6) is 1.31. The van der Waals surface area contributed by atoms with Gasteiger partial charge in [0.05, 0.1) is 31.1 Å². The van der Waals surface area contributed by atoms with Crippen molar-refractivity contribution in [3.05, 3.63) is 83.5 Å². The molecule has 2 atom stereocenters. The molecule has 242 valence electrons. The molecule has 2 heterocycles. The van der Waals surface area contributed by atoms with Gasteiger partial charge in [-0.2, -0.15) is 0 Å². The van der Waals surface area contributed by atoms with Crippen molar-refractivity contribution in [2.24, 2.45) is 10.9 Å². The van der Waals surface area contributed by atoms with Crippen molar-refractivity contribution in [2.45, 2.75) is 58.6 Å². The van der Waals surface area contributed by atoms with E-state index in [1.165, 1.54) is 0 Å². The number of amidine groups is 1. The van der Waals surface area contributed by atoms with Gasteiger partial charge in [-0.05, 0) is 60.7 Å². The van der Waals surface area contributed by atoms with E-state index < -0.39 is 0 Å². The van der Waals surface area contributed by atoms with Crippen LogP contribution in [0.5, 0.6) is 5.75 Å². The molecule has 1 fully saturated rings. The highest BCUT2D eigenvalue weighted by molar-refractivity contribution is 6.08. The lowest BCUT2D eigenvalue weighted by molar-refractivity contribution is 0.122. The average Bonchev–Trinajstić information content (AvgIpc) is 3.06. The van der Waals surface area contributed by atoms with Gasteiger partial charge in [-0.1, -0.05) is 51.1 Å². The molecule has 3 aromatic rings. The maximum Gasteiger partial charge on any atom is 0.320 e.